The van der Waals surface area contributed by atoms with Crippen molar-refractivity contribution in [2.75, 3.05) is 32.9 Å². The van der Waals surface area contributed by atoms with Crippen LogP contribution in [0.4, 0.5) is 5.69 Å². The Bertz CT molecular complexity index is 1390. The third-order valence-corrected chi connectivity index (χ3v) is 7.34. The molecule has 0 fully saturated rings. The van der Waals surface area contributed by atoms with Gasteiger partial charge in [-0.1, -0.05) is 18.2 Å². The first-order chi connectivity index (χ1) is 18.1. The highest BCUT2D eigenvalue weighted by Crippen LogP contribution is 2.51. The Balaban J connectivity index is 1.43. The number of Topliss-reactive ketones (excluding diaryl/α,β-unsaturated/α-hetero) is 1. The minimum Gasteiger partial charge on any atom is -0.494 e. The number of rotatable bonds is 6. The second-order valence-corrected chi connectivity index (χ2v) is 9.39. The first kappa shape index (κ1) is 23.3. The zero-order chi connectivity index (χ0) is 25.5. The first-order valence-corrected chi connectivity index (χ1v) is 12.5. The lowest BCUT2D eigenvalue weighted by molar-refractivity contribution is -0.116. The molecule has 0 spiro atoms. The molecule has 3 aliphatic rings. The Kier molecular flexibility index (Phi) is 5.91. The molecule has 37 heavy (non-hydrogen) atoms. The smallest absolute Gasteiger partial charge is 0.231 e. The van der Waals surface area contributed by atoms with Crippen LogP contribution in [0.1, 0.15) is 48.3 Å². The van der Waals surface area contributed by atoms with E-state index in [0.717, 1.165) is 39.4 Å². The van der Waals surface area contributed by atoms with E-state index in [-0.39, 0.29) is 24.4 Å². The van der Waals surface area contributed by atoms with Crippen molar-refractivity contribution in [2.24, 2.45) is 0 Å². The number of hydrogen-bond donors (Lipinski definition) is 1. The third kappa shape index (κ3) is 4.04. The molecule has 0 bridgehead atoms. The van der Waals surface area contributed by atoms with Gasteiger partial charge in [-0.15, -0.1) is 0 Å². The molecule has 2 heterocycles. The van der Waals surface area contributed by atoms with Gasteiger partial charge in [-0.05, 0) is 66.3 Å². The summed E-state index contributed by atoms with van der Waals surface area (Å²) in [6.07, 6.45) is 1.13. The van der Waals surface area contributed by atoms with Gasteiger partial charge in [0.25, 0.3) is 0 Å². The number of benzene rings is 3. The SMILES string of the molecule is CCOc1ccc([C@H]2C3=C(C[C@@H](c4ccc(OC)c(OC)c4)CC3=O)Nc3cc4c(cc32)OCO4)cc1. The Labute approximate surface area is 215 Å². The van der Waals surface area contributed by atoms with Crippen LogP contribution in [0.5, 0.6) is 28.7 Å². The van der Waals surface area contributed by atoms with E-state index >= 15 is 0 Å². The Morgan fingerprint density at radius 1 is 0.892 bits per heavy atom. The summed E-state index contributed by atoms with van der Waals surface area (Å²) in [4.78, 5) is 13.9. The second-order valence-electron chi connectivity index (χ2n) is 9.39. The topological polar surface area (TPSA) is 75.3 Å². The van der Waals surface area contributed by atoms with Crippen LogP contribution in [0.2, 0.25) is 0 Å². The normalized spacial score (nSPS) is 19.6. The van der Waals surface area contributed by atoms with Gasteiger partial charge in [0.2, 0.25) is 6.79 Å². The molecule has 3 aromatic carbocycles. The standard InChI is InChI=1S/C30H29NO6/c1-4-35-20-8-5-17(6-9-20)29-21-14-27-28(37-16-36-27)15-22(21)31-23-11-19(12-24(32)30(23)29)18-7-10-25(33-2)26(13-18)34-3/h5-10,13-15,19,29,31H,4,11-12,16H2,1-3H3/t19-,29-/m1/s1. The zero-order valence-corrected chi connectivity index (χ0v) is 21.1. The Morgan fingerprint density at radius 3 is 2.35 bits per heavy atom. The fourth-order valence-corrected chi connectivity index (χ4v) is 5.62. The van der Waals surface area contributed by atoms with E-state index in [1.54, 1.807) is 14.2 Å². The van der Waals surface area contributed by atoms with Crippen molar-refractivity contribution in [2.45, 2.75) is 31.6 Å². The molecule has 1 N–H and O–H groups in total. The summed E-state index contributed by atoms with van der Waals surface area (Å²) in [6, 6.07) is 17.9. The molecule has 1 aliphatic carbocycles. The molecular weight excluding hydrogens is 470 g/mol. The van der Waals surface area contributed by atoms with Crippen LogP contribution in [-0.4, -0.2) is 33.4 Å². The van der Waals surface area contributed by atoms with Crippen LogP contribution in [0.15, 0.2) is 65.9 Å². The summed E-state index contributed by atoms with van der Waals surface area (Å²) in [6.45, 7) is 2.76. The van der Waals surface area contributed by atoms with E-state index in [1.807, 2.05) is 61.5 Å². The molecule has 0 amide bonds. The van der Waals surface area contributed by atoms with E-state index in [0.29, 0.717) is 42.4 Å². The summed E-state index contributed by atoms with van der Waals surface area (Å²) < 4.78 is 27.9. The minimum absolute atomic E-state index is 0.0232. The molecule has 2 atom stereocenters. The van der Waals surface area contributed by atoms with Gasteiger partial charge in [0.1, 0.15) is 5.75 Å². The van der Waals surface area contributed by atoms with Crippen LogP contribution in [0.25, 0.3) is 0 Å². The van der Waals surface area contributed by atoms with Crippen molar-refractivity contribution in [1.82, 2.24) is 0 Å². The lowest BCUT2D eigenvalue weighted by Gasteiger charge is -2.37. The predicted octanol–water partition coefficient (Wildman–Crippen LogP) is 5.79. The maximum absolute atomic E-state index is 13.9. The second kappa shape index (κ2) is 9.39. The number of nitrogens with one attached hydrogen (secondary N) is 1. The Morgan fingerprint density at radius 2 is 1.62 bits per heavy atom. The third-order valence-electron chi connectivity index (χ3n) is 7.34. The highest BCUT2D eigenvalue weighted by molar-refractivity contribution is 6.02. The van der Waals surface area contributed by atoms with Gasteiger partial charge < -0.3 is 29.0 Å². The average Bonchev–Trinajstić information content (AvgIpc) is 3.38. The van der Waals surface area contributed by atoms with E-state index in [1.165, 1.54) is 0 Å². The van der Waals surface area contributed by atoms with Gasteiger partial charge in [-0.25, -0.2) is 0 Å². The maximum Gasteiger partial charge on any atom is 0.231 e. The van der Waals surface area contributed by atoms with Crippen LogP contribution in [0.3, 0.4) is 0 Å². The Hall–Kier alpha value is -4.13. The number of allylic oxidation sites excluding steroid dienone is 2. The van der Waals surface area contributed by atoms with Crippen molar-refractivity contribution in [3.05, 3.63) is 82.6 Å². The summed E-state index contributed by atoms with van der Waals surface area (Å²) in [5.41, 5.74) is 5.78. The highest BCUT2D eigenvalue weighted by atomic mass is 16.7. The maximum atomic E-state index is 13.9. The lowest BCUT2D eigenvalue weighted by atomic mass is 9.72. The zero-order valence-electron chi connectivity index (χ0n) is 21.1. The van der Waals surface area contributed by atoms with E-state index in [2.05, 4.69) is 5.32 Å². The van der Waals surface area contributed by atoms with Crippen LogP contribution in [-0.2, 0) is 4.79 Å². The summed E-state index contributed by atoms with van der Waals surface area (Å²) in [5, 5.41) is 3.58. The van der Waals surface area contributed by atoms with E-state index in [4.69, 9.17) is 23.7 Å². The lowest BCUT2D eigenvalue weighted by Crippen LogP contribution is -2.29. The molecule has 2 aliphatic heterocycles. The number of anilines is 1. The first-order valence-electron chi connectivity index (χ1n) is 12.5. The van der Waals surface area contributed by atoms with Gasteiger partial charge in [0.15, 0.2) is 28.8 Å². The number of carbonyl (C=O) groups excluding carboxylic acids is 1. The van der Waals surface area contributed by atoms with Gasteiger partial charge in [0.05, 0.1) is 20.8 Å². The van der Waals surface area contributed by atoms with Gasteiger partial charge in [-0.2, -0.15) is 0 Å². The number of hydrogen-bond acceptors (Lipinski definition) is 7. The van der Waals surface area contributed by atoms with E-state index in [9.17, 15) is 4.79 Å². The molecule has 0 saturated heterocycles. The van der Waals surface area contributed by atoms with Gasteiger partial charge in [0, 0.05) is 35.4 Å². The molecule has 0 saturated carbocycles. The predicted molar refractivity (Wildman–Crippen MR) is 139 cm³/mol. The molecule has 7 nitrogen and oxygen atoms in total. The van der Waals surface area contributed by atoms with Crippen molar-refractivity contribution in [3.8, 4) is 28.7 Å². The summed E-state index contributed by atoms with van der Waals surface area (Å²) >= 11 is 0. The van der Waals surface area contributed by atoms with Crippen LogP contribution < -0.4 is 29.0 Å². The van der Waals surface area contributed by atoms with Gasteiger partial charge in [-0.3, -0.25) is 4.79 Å². The quantitative estimate of drug-likeness (QED) is 0.460. The van der Waals surface area contributed by atoms with E-state index < -0.39 is 0 Å². The molecule has 7 heteroatoms. The fraction of sp³-hybridized carbons (Fsp3) is 0.300. The molecular formula is C30H29NO6. The molecule has 6 rings (SSSR count). The average molecular weight is 500 g/mol. The summed E-state index contributed by atoms with van der Waals surface area (Å²) in [5.74, 6) is 3.50. The van der Waals surface area contributed by atoms with Crippen molar-refractivity contribution >= 4 is 11.5 Å². The fourth-order valence-electron chi connectivity index (χ4n) is 5.62. The molecule has 0 aromatic heterocycles. The van der Waals surface area contributed by atoms with Crippen LogP contribution >= 0.6 is 0 Å². The monoisotopic (exact) mass is 499 g/mol. The number of ketones is 1. The molecule has 190 valence electrons. The van der Waals surface area contributed by atoms with Gasteiger partial charge >= 0.3 is 0 Å². The number of fused-ring (bicyclic) bond motifs is 2. The van der Waals surface area contributed by atoms with Crippen molar-refractivity contribution < 1.29 is 28.5 Å². The minimum atomic E-state index is -0.213. The van der Waals surface area contributed by atoms with Crippen molar-refractivity contribution in [3.63, 3.8) is 0 Å². The largest absolute Gasteiger partial charge is 0.494 e. The number of methoxy groups -OCH3 is 2. The molecule has 3 aromatic rings. The molecule has 0 unspecified atom stereocenters. The van der Waals surface area contributed by atoms with Crippen LogP contribution in [0, 0.1) is 0 Å². The molecule has 0 radical (unpaired) electrons. The number of ether oxygens (including phenoxy) is 5. The number of carbonyl (C=O) groups is 1. The van der Waals surface area contributed by atoms with Crippen molar-refractivity contribution in [1.29, 1.82) is 0 Å². The highest BCUT2D eigenvalue weighted by Gasteiger charge is 2.39. The summed E-state index contributed by atoms with van der Waals surface area (Å²) in [7, 11) is 3.24.